The van der Waals surface area contributed by atoms with Gasteiger partial charge in [-0.1, -0.05) is 23.4 Å². The third kappa shape index (κ3) is 1.94. The van der Waals surface area contributed by atoms with Crippen LogP contribution in [0.3, 0.4) is 0 Å². The molecular weight excluding hydrogens is 252 g/mol. The van der Waals surface area contributed by atoms with Gasteiger partial charge in [0.15, 0.2) is 0 Å². The summed E-state index contributed by atoms with van der Waals surface area (Å²) in [5, 5.41) is 19.2. The second kappa shape index (κ2) is 4.40. The Morgan fingerprint density at radius 1 is 1.20 bits per heavy atom. The summed E-state index contributed by atoms with van der Waals surface area (Å²) >= 11 is 0. The highest BCUT2D eigenvalue weighted by atomic mass is 16.3. The summed E-state index contributed by atoms with van der Waals surface area (Å²) in [6.07, 6.45) is 4.99. The molecule has 1 aliphatic heterocycles. The van der Waals surface area contributed by atoms with E-state index in [4.69, 9.17) is 0 Å². The van der Waals surface area contributed by atoms with Crippen molar-refractivity contribution in [1.29, 1.82) is 0 Å². The SMILES string of the molecule is OC1(c2cnnn2-c2ccccc2)CCN(C2CC2)C1. The molecule has 2 aliphatic rings. The maximum absolute atomic E-state index is 11.0. The van der Waals surface area contributed by atoms with Crippen LogP contribution in [0.1, 0.15) is 25.0 Å². The lowest BCUT2D eigenvalue weighted by atomic mass is 9.99. The maximum Gasteiger partial charge on any atom is 0.122 e. The van der Waals surface area contributed by atoms with Crippen molar-refractivity contribution >= 4 is 0 Å². The number of hydrogen-bond acceptors (Lipinski definition) is 4. The molecule has 0 amide bonds. The fourth-order valence-electron chi connectivity index (χ4n) is 3.10. The Kier molecular flexibility index (Phi) is 2.65. The Morgan fingerprint density at radius 2 is 2.00 bits per heavy atom. The van der Waals surface area contributed by atoms with Crippen molar-refractivity contribution < 1.29 is 5.11 Å². The van der Waals surface area contributed by atoms with Crippen LogP contribution in [0.4, 0.5) is 0 Å². The molecule has 1 atom stereocenters. The molecule has 5 nitrogen and oxygen atoms in total. The number of benzene rings is 1. The standard InChI is InChI=1S/C15H18N4O/c20-15(8-9-18(11-15)12-6-7-12)14-10-16-17-19(14)13-4-2-1-3-5-13/h1-5,10,12,20H,6-9,11H2. The first-order valence-electron chi connectivity index (χ1n) is 7.19. The number of para-hydroxylation sites is 1. The summed E-state index contributed by atoms with van der Waals surface area (Å²) < 4.78 is 1.76. The lowest BCUT2D eigenvalue weighted by Crippen LogP contribution is -2.33. The van der Waals surface area contributed by atoms with Crippen LogP contribution in [0.25, 0.3) is 5.69 Å². The molecule has 2 fully saturated rings. The van der Waals surface area contributed by atoms with Gasteiger partial charge in [0.05, 0.1) is 17.6 Å². The van der Waals surface area contributed by atoms with E-state index in [2.05, 4.69) is 15.2 Å². The zero-order valence-corrected chi connectivity index (χ0v) is 11.3. The van der Waals surface area contributed by atoms with E-state index in [1.54, 1.807) is 10.9 Å². The number of nitrogens with zero attached hydrogens (tertiary/aromatic N) is 4. The Labute approximate surface area is 117 Å². The molecule has 1 aromatic heterocycles. The van der Waals surface area contributed by atoms with Crippen molar-refractivity contribution in [3.05, 3.63) is 42.2 Å². The Hall–Kier alpha value is -1.72. The minimum absolute atomic E-state index is 0.685. The van der Waals surface area contributed by atoms with Crippen LogP contribution >= 0.6 is 0 Å². The summed E-state index contributed by atoms with van der Waals surface area (Å²) in [5.41, 5.74) is 0.909. The number of likely N-dealkylation sites (tertiary alicyclic amines) is 1. The number of rotatable bonds is 3. The van der Waals surface area contributed by atoms with Crippen LogP contribution in [0.15, 0.2) is 36.5 Å². The Balaban J connectivity index is 1.67. The van der Waals surface area contributed by atoms with Crippen molar-refractivity contribution in [3.63, 3.8) is 0 Å². The van der Waals surface area contributed by atoms with E-state index in [9.17, 15) is 5.11 Å². The molecule has 1 aliphatic carbocycles. The van der Waals surface area contributed by atoms with Crippen molar-refractivity contribution in [2.45, 2.75) is 30.9 Å². The molecule has 4 rings (SSSR count). The summed E-state index contributed by atoms with van der Waals surface area (Å²) in [6.45, 7) is 1.65. The van der Waals surface area contributed by atoms with E-state index in [0.29, 0.717) is 12.6 Å². The average molecular weight is 270 g/mol. The van der Waals surface area contributed by atoms with E-state index in [1.165, 1.54) is 12.8 Å². The zero-order valence-electron chi connectivity index (χ0n) is 11.3. The number of aromatic nitrogens is 3. The molecule has 2 heterocycles. The third-order valence-electron chi connectivity index (χ3n) is 4.37. The monoisotopic (exact) mass is 270 g/mol. The minimum atomic E-state index is -0.831. The molecule has 1 saturated carbocycles. The second-order valence-electron chi connectivity index (χ2n) is 5.85. The highest BCUT2D eigenvalue weighted by molar-refractivity contribution is 5.33. The van der Waals surface area contributed by atoms with E-state index >= 15 is 0 Å². The largest absolute Gasteiger partial charge is 0.382 e. The molecule has 5 heteroatoms. The first kappa shape index (κ1) is 12.1. The van der Waals surface area contributed by atoms with Crippen LogP contribution in [0, 0.1) is 0 Å². The van der Waals surface area contributed by atoms with E-state index < -0.39 is 5.60 Å². The van der Waals surface area contributed by atoms with Gasteiger partial charge < -0.3 is 5.11 Å². The van der Waals surface area contributed by atoms with Gasteiger partial charge in [0, 0.05) is 19.1 Å². The molecular formula is C15H18N4O. The number of hydrogen-bond donors (Lipinski definition) is 1. The second-order valence-corrected chi connectivity index (χ2v) is 5.85. The molecule has 1 N–H and O–H groups in total. The van der Waals surface area contributed by atoms with Crippen molar-refractivity contribution in [1.82, 2.24) is 19.9 Å². The van der Waals surface area contributed by atoms with Gasteiger partial charge in [-0.05, 0) is 31.4 Å². The average Bonchev–Trinajstić information content (AvgIpc) is 3.06. The maximum atomic E-state index is 11.0. The van der Waals surface area contributed by atoms with Crippen molar-refractivity contribution in [2.24, 2.45) is 0 Å². The quantitative estimate of drug-likeness (QED) is 0.914. The number of β-amino-alcohol motifs (C(OH)–C–C–N with tert-alkyl or cyclic N) is 1. The van der Waals surface area contributed by atoms with Gasteiger partial charge in [0.25, 0.3) is 0 Å². The predicted molar refractivity (Wildman–Crippen MR) is 74.5 cm³/mol. The fourth-order valence-corrected chi connectivity index (χ4v) is 3.10. The van der Waals surface area contributed by atoms with Crippen molar-refractivity contribution in [3.8, 4) is 5.69 Å². The molecule has 0 radical (unpaired) electrons. The summed E-state index contributed by atoms with van der Waals surface area (Å²) in [5.74, 6) is 0. The molecule has 20 heavy (non-hydrogen) atoms. The van der Waals surface area contributed by atoms with Crippen LogP contribution in [-0.4, -0.2) is 44.1 Å². The highest BCUT2D eigenvalue weighted by Crippen LogP contribution is 2.38. The van der Waals surface area contributed by atoms with Gasteiger partial charge in [-0.3, -0.25) is 4.90 Å². The summed E-state index contributed by atoms with van der Waals surface area (Å²) in [7, 11) is 0. The van der Waals surface area contributed by atoms with Gasteiger partial charge in [0.2, 0.25) is 0 Å². The molecule has 104 valence electrons. The van der Waals surface area contributed by atoms with Gasteiger partial charge in [-0.15, -0.1) is 5.10 Å². The third-order valence-corrected chi connectivity index (χ3v) is 4.37. The van der Waals surface area contributed by atoms with Gasteiger partial charge in [-0.2, -0.15) is 0 Å². The zero-order chi connectivity index (χ0) is 13.6. The molecule has 2 aromatic rings. The fraction of sp³-hybridized carbons (Fsp3) is 0.467. The van der Waals surface area contributed by atoms with Crippen LogP contribution in [0.5, 0.6) is 0 Å². The normalized spacial score (nSPS) is 27.1. The molecule has 1 aromatic carbocycles. The van der Waals surface area contributed by atoms with Gasteiger partial charge in [0.1, 0.15) is 5.60 Å². The van der Waals surface area contributed by atoms with Crippen LogP contribution in [0.2, 0.25) is 0 Å². The predicted octanol–water partition coefficient (Wildman–Crippen LogP) is 1.32. The van der Waals surface area contributed by atoms with Gasteiger partial charge >= 0.3 is 0 Å². The molecule has 1 unspecified atom stereocenters. The van der Waals surface area contributed by atoms with Crippen LogP contribution in [-0.2, 0) is 5.60 Å². The lowest BCUT2D eigenvalue weighted by molar-refractivity contribution is 0.0384. The Morgan fingerprint density at radius 3 is 2.75 bits per heavy atom. The molecule has 0 spiro atoms. The van der Waals surface area contributed by atoms with Gasteiger partial charge in [-0.25, -0.2) is 4.68 Å². The van der Waals surface area contributed by atoms with E-state index in [0.717, 1.165) is 24.3 Å². The summed E-state index contributed by atoms with van der Waals surface area (Å²) in [6, 6.07) is 10.6. The summed E-state index contributed by atoms with van der Waals surface area (Å²) in [4.78, 5) is 2.39. The smallest absolute Gasteiger partial charge is 0.122 e. The first-order valence-corrected chi connectivity index (χ1v) is 7.19. The highest BCUT2D eigenvalue weighted by Gasteiger charge is 2.45. The first-order chi connectivity index (χ1) is 9.76. The molecule has 0 bridgehead atoms. The van der Waals surface area contributed by atoms with E-state index in [1.807, 2.05) is 30.3 Å². The Bertz CT molecular complexity index is 607. The van der Waals surface area contributed by atoms with E-state index in [-0.39, 0.29) is 0 Å². The topological polar surface area (TPSA) is 54.2 Å². The molecule has 1 saturated heterocycles. The van der Waals surface area contributed by atoms with Crippen LogP contribution < -0.4 is 0 Å². The van der Waals surface area contributed by atoms with Crippen molar-refractivity contribution in [2.75, 3.05) is 13.1 Å². The lowest BCUT2D eigenvalue weighted by Gasteiger charge is -2.23. The number of aliphatic hydroxyl groups is 1. The minimum Gasteiger partial charge on any atom is -0.382 e.